The van der Waals surface area contributed by atoms with Gasteiger partial charge in [-0.3, -0.25) is 0 Å². The number of H-pyrrole nitrogens is 1. The Morgan fingerprint density at radius 3 is 2.96 bits per heavy atom. The molecule has 5 nitrogen and oxygen atoms in total. The van der Waals surface area contributed by atoms with Gasteiger partial charge in [0.2, 0.25) is 0 Å². The van der Waals surface area contributed by atoms with E-state index in [4.69, 9.17) is 11.6 Å². The third-order valence-electron chi connectivity index (χ3n) is 3.67. The first kappa shape index (κ1) is 14.0. The van der Waals surface area contributed by atoms with Gasteiger partial charge in [0.25, 0.3) is 0 Å². The predicted molar refractivity (Wildman–Crippen MR) is 90.4 cm³/mol. The first-order valence-electron chi connectivity index (χ1n) is 7.29. The molecule has 2 aromatic carbocycles. The van der Waals surface area contributed by atoms with E-state index < -0.39 is 0 Å². The van der Waals surface area contributed by atoms with E-state index in [9.17, 15) is 0 Å². The highest BCUT2D eigenvalue weighted by Gasteiger charge is 2.06. The standard InChI is InChI=1S/C17H14ClN5/c1-11-19-15-6-5-12(7-16(15)20-11)9-23-10-17(21-22-23)13-3-2-4-14(18)8-13/h2-8,10H,9H2,1H3,(H,19,20). The molecule has 0 fully saturated rings. The lowest BCUT2D eigenvalue weighted by Gasteiger charge is -2.01. The summed E-state index contributed by atoms with van der Waals surface area (Å²) < 4.78 is 1.82. The molecule has 4 rings (SSSR count). The smallest absolute Gasteiger partial charge is 0.113 e. The first-order valence-corrected chi connectivity index (χ1v) is 7.66. The van der Waals surface area contributed by atoms with E-state index in [0.29, 0.717) is 11.6 Å². The summed E-state index contributed by atoms with van der Waals surface area (Å²) in [4.78, 5) is 7.66. The summed E-state index contributed by atoms with van der Waals surface area (Å²) in [6.07, 6.45) is 1.92. The number of halogens is 1. The summed E-state index contributed by atoms with van der Waals surface area (Å²) in [5, 5.41) is 9.12. The maximum absolute atomic E-state index is 6.02. The van der Waals surface area contributed by atoms with E-state index in [1.54, 1.807) is 0 Å². The van der Waals surface area contributed by atoms with Crippen LogP contribution in [0.2, 0.25) is 5.02 Å². The van der Waals surface area contributed by atoms with E-state index in [-0.39, 0.29) is 0 Å². The Morgan fingerprint density at radius 2 is 2.09 bits per heavy atom. The number of imidazole rings is 1. The zero-order chi connectivity index (χ0) is 15.8. The van der Waals surface area contributed by atoms with Crippen molar-refractivity contribution in [2.45, 2.75) is 13.5 Å². The molecule has 0 unspecified atom stereocenters. The molecule has 2 aromatic heterocycles. The summed E-state index contributed by atoms with van der Waals surface area (Å²) in [5.41, 5.74) is 4.93. The molecule has 0 aliphatic rings. The highest BCUT2D eigenvalue weighted by atomic mass is 35.5. The first-order chi connectivity index (χ1) is 11.2. The number of hydrogen-bond donors (Lipinski definition) is 1. The van der Waals surface area contributed by atoms with Crippen LogP contribution in [0.5, 0.6) is 0 Å². The van der Waals surface area contributed by atoms with Gasteiger partial charge in [-0.15, -0.1) is 5.10 Å². The maximum Gasteiger partial charge on any atom is 0.113 e. The molecule has 0 aliphatic heterocycles. The average molecular weight is 324 g/mol. The quantitative estimate of drug-likeness (QED) is 0.623. The van der Waals surface area contributed by atoms with E-state index in [2.05, 4.69) is 32.4 Å². The Bertz CT molecular complexity index is 985. The van der Waals surface area contributed by atoms with Gasteiger partial charge in [-0.05, 0) is 36.8 Å². The van der Waals surface area contributed by atoms with Crippen LogP contribution in [0.15, 0.2) is 48.7 Å². The zero-order valence-corrected chi connectivity index (χ0v) is 13.2. The fourth-order valence-electron chi connectivity index (χ4n) is 2.63. The molecule has 0 saturated heterocycles. The molecule has 2 heterocycles. The monoisotopic (exact) mass is 323 g/mol. The van der Waals surface area contributed by atoms with Gasteiger partial charge < -0.3 is 4.98 Å². The lowest BCUT2D eigenvalue weighted by Crippen LogP contribution is -2.00. The second-order valence-electron chi connectivity index (χ2n) is 5.49. The summed E-state index contributed by atoms with van der Waals surface area (Å²) in [6.45, 7) is 2.61. The van der Waals surface area contributed by atoms with Crippen LogP contribution in [-0.2, 0) is 6.54 Å². The van der Waals surface area contributed by atoms with Crippen molar-refractivity contribution in [1.29, 1.82) is 0 Å². The van der Waals surface area contributed by atoms with Crippen molar-refractivity contribution < 1.29 is 0 Å². The van der Waals surface area contributed by atoms with Crippen LogP contribution in [0.3, 0.4) is 0 Å². The Hall–Kier alpha value is -2.66. The van der Waals surface area contributed by atoms with Crippen molar-refractivity contribution in [3.63, 3.8) is 0 Å². The fourth-order valence-corrected chi connectivity index (χ4v) is 2.82. The van der Waals surface area contributed by atoms with Crippen LogP contribution in [0.1, 0.15) is 11.4 Å². The van der Waals surface area contributed by atoms with Crippen LogP contribution in [0, 0.1) is 6.92 Å². The number of aryl methyl sites for hydroxylation is 1. The van der Waals surface area contributed by atoms with Gasteiger partial charge in [-0.25, -0.2) is 9.67 Å². The molecule has 0 aliphatic carbocycles. The van der Waals surface area contributed by atoms with Crippen molar-refractivity contribution in [3.05, 3.63) is 65.1 Å². The molecule has 4 aromatic rings. The van der Waals surface area contributed by atoms with Gasteiger partial charge in [-0.2, -0.15) is 0 Å². The maximum atomic E-state index is 6.02. The van der Waals surface area contributed by atoms with Gasteiger partial charge in [0, 0.05) is 10.6 Å². The van der Waals surface area contributed by atoms with Crippen LogP contribution < -0.4 is 0 Å². The Labute approximate surface area is 137 Å². The third kappa shape index (κ3) is 2.83. The van der Waals surface area contributed by atoms with Crippen LogP contribution >= 0.6 is 11.6 Å². The average Bonchev–Trinajstić information content (AvgIpc) is 3.12. The van der Waals surface area contributed by atoms with Gasteiger partial charge in [0.1, 0.15) is 11.5 Å². The van der Waals surface area contributed by atoms with Crippen LogP contribution in [-0.4, -0.2) is 25.0 Å². The van der Waals surface area contributed by atoms with Crippen molar-refractivity contribution in [2.24, 2.45) is 0 Å². The summed E-state index contributed by atoms with van der Waals surface area (Å²) >= 11 is 6.02. The van der Waals surface area contributed by atoms with Crippen molar-refractivity contribution >= 4 is 22.6 Å². The highest BCUT2D eigenvalue weighted by molar-refractivity contribution is 6.30. The van der Waals surface area contributed by atoms with Crippen molar-refractivity contribution in [2.75, 3.05) is 0 Å². The number of rotatable bonds is 3. The van der Waals surface area contributed by atoms with Gasteiger partial charge in [0.15, 0.2) is 0 Å². The van der Waals surface area contributed by atoms with Crippen LogP contribution in [0.4, 0.5) is 0 Å². The van der Waals surface area contributed by atoms with Gasteiger partial charge in [-0.1, -0.05) is 35.0 Å². The minimum atomic E-state index is 0.654. The van der Waals surface area contributed by atoms with Gasteiger partial charge >= 0.3 is 0 Å². The second kappa shape index (κ2) is 5.52. The summed E-state index contributed by atoms with van der Waals surface area (Å²) in [5.74, 6) is 0.918. The molecule has 1 N–H and O–H groups in total. The number of nitrogens with one attached hydrogen (secondary N) is 1. The lowest BCUT2D eigenvalue weighted by atomic mass is 10.2. The number of aromatic amines is 1. The number of fused-ring (bicyclic) bond motifs is 1. The van der Waals surface area contributed by atoms with E-state index in [1.165, 1.54) is 0 Å². The molecule has 0 radical (unpaired) electrons. The molecule has 6 heteroatoms. The zero-order valence-electron chi connectivity index (χ0n) is 12.5. The molecule has 0 amide bonds. The normalized spacial score (nSPS) is 11.2. The molecule has 0 bridgehead atoms. The molecule has 0 spiro atoms. The lowest BCUT2D eigenvalue weighted by molar-refractivity contribution is 0.650. The van der Waals surface area contributed by atoms with Crippen molar-refractivity contribution in [1.82, 2.24) is 25.0 Å². The third-order valence-corrected chi connectivity index (χ3v) is 3.90. The SMILES string of the molecule is Cc1nc2ccc(Cn3cc(-c4cccc(Cl)c4)nn3)cc2[nH]1. The van der Waals surface area contributed by atoms with Crippen LogP contribution in [0.25, 0.3) is 22.3 Å². The molecule has 23 heavy (non-hydrogen) atoms. The Balaban J connectivity index is 1.61. The van der Waals surface area contributed by atoms with E-state index in [0.717, 1.165) is 33.7 Å². The van der Waals surface area contributed by atoms with Crippen molar-refractivity contribution in [3.8, 4) is 11.3 Å². The number of aromatic nitrogens is 5. The Kier molecular flexibility index (Phi) is 3.35. The topological polar surface area (TPSA) is 59.4 Å². The predicted octanol–water partition coefficient (Wildman–Crippen LogP) is 3.83. The summed E-state index contributed by atoms with van der Waals surface area (Å²) in [7, 11) is 0. The number of hydrogen-bond acceptors (Lipinski definition) is 3. The number of nitrogens with zero attached hydrogens (tertiary/aromatic N) is 4. The van der Waals surface area contributed by atoms with E-state index in [1.807, 2.05) is 48.1 Å². The van der Waals surface area contributed by atoms with Gasteiger partial charge in [0.05, 0.1) is 23.8 Å². The molecule has 114 valence electrons. The Morgan fingerprint density at radius 1 is 1.17 bits per heavy atom. The fraction of sp³-hybridized carbons (Fsp3) is 0.118. The minimum Gasteiger partial charge on any atom is -0.342 e. The molecule has 0 saturated carbocycles. The molecular formula is C17H14ClN5. The summed E-state index contributed by atoms with van der Waals surface area (Å²) in [6, 6.07) is 13.8. The largest absolute Gasteiger partial charge is 0.342 e. The molecular weight excluding hydrogens is 310 g/mol. The second-order valence-corrected chi connectivity index (χ2v) is 5.92. The highest BCUT2D eigenvalue weighted by Crippen LogP contribution is 2.21. The van der Waals surface area contributed by atoms with E-state index >= 15 is 0 Å². The number of benzene rings is 2. The minimum absolute atomic E-state index is 0.654. The molecule has 0 atom stereocenters.